The van der Waals surface area contributed by atoms with Crippen molar-refractivity contribution in [1.82, 2.24) is 5.32 Å². The van der Waals surface area contributed by atoms with Crippen LogP contribution in [0.15, 0.2) is 54.6 Å². The Kier molecular flexibility index (Phi) is 6.33. The summed E-state index contributed by atoms with van der Waals surface area (Å²) in [6, 6.07) is 13.7. The Balaban J connectivity index is 1.95. The Bertz CT molecular complexity index is 720. The first kappa shape index (κ1) is 18.2. The number of carbonyl (C=O) groups excluding carboxylic acids is 1. The van der Waals surface area contributed by atoms with Gasteiger partial charge in [0.05, 0.1) is 5.69 Å². The van der Waals surface area contributed by atoms with Crippen LogP contribution in [0.1, 0.15) is 11.1 Å². The smallest absolute Gasteiger partial charge is 0.408 e. The molecule has 0 unspecified atom stereocenters. The number of aliphatic carboxylic acids is 1. The summed E-state index contributed by atoms with van der Waals surface area (Å²) in [6.45, 7) is -0.293. The fourth-order valence-corrected chi connectivity index (χ4v) is 2.20. The molecule has 2 aromatic rings. The van der Waals surface area contributed by atoms with Gasteiger partial charge >= 0.3 is 12.1 Å². The lowest BCUT2D eigenvalue weighted by Crippen LogP contribution is -2.42. The molecule has 0 aliphatic carbocycles. The normalized spacial score (nSPS) is 11.4. The summed E-state index contributed by atoms with van der Waals surface area (Å²) in [7, 11) is 0. The second-order valence-corrected chi connectivity index (χ2v) is 5.20. The maximum Gasteiger partial charge on any atom is 0.408 e. The molecule has 0 saturated carbocycles. The van der Waals surface area contributed by atoms with Crippen molar-refractivity contribution in [2.75, 3.05) is 5.23 Å². The van der Waals surface area contributed by atoms with Gasteiger partial charge in [-0.2, -0.15) is 0 Å². The minimum Gasteiger partial charge on any atom is -0.733 e. The number of hydrogen-bond donors (Lipinski definition) is 3. The first-order chi connectivity index (χ1) is 12.0. The predicted molar refractivity (Wildman–Crippen MR) is 89.0 cm³/mol. The van der Waals surface area contributed by atoms with Crippen molar-refractivity contribution in [2.45, 2.75) is 19.1 Å². The van der Waals surface area contributed by atoms with Crippen LogP contribution in [-0.2, 0) is 22.6 Å². The van der Waals surface area contributed by atoms with E-state index in [9.17, 15) is 19.9 Å². The summed E-state index contributed by atoms with van der Waals surface area (Å²) in [6.07, 6.45) is -0.833. The molecule has 2 aromatic carbocycles. The van der Waals surface area contributed by atoms with E-state index in [0.29, 0.717) is 0 Å². The molecule has 8 heteroatoms. The predicted octanol–water partition coefficient (Wildman–Crippen LogP) is 2.30. The number of para-hydroxylation sites is 1. The molecular formula is C17H17N2O6-. The highest BCUT2D eigenvalue weighted by Crippen LogP contribution is 2.19. The molecule has 0 radical (unpaired) electrons. The van der Waals surface area contributed by atoms with Crippen molar-refractivity contribution in [3.63, 3.8) is 0 Å². The van der Waals surface area contributed by atoms with Gasteiger partial charge in [-0.1, -0.05) is 48.5 Å². The molecule has 0 bridgehead atoms. The van der Waals surface area contributed by atoms with E-state index in [0.717, 1.165) is 5.56 Å². The van der Waals surface area contributed by atoms with Crippen LogP contribution in [0, 0.1) is 5.21 Å². The van der Waals surface area contributed by atoms with Crippen LogP contribution in [0.3, 0.4) is 0 Å². The monoisotopic (exact) mass is 345 g/mol. The van der Waals surface area contributed by atoms with E-state index in [2.05, 4.69) is 5.32 Å². The van der Waals surface area contributed by atoms with Crippen molar-refractivity contribution >= 4 is 17.7 Å². The molecule has 1 amide bonds. The molecule has 0 aliphatic heterocycles. The number of carboxylic acid groups (broad SMARTS) is 1. The van der Waals surface area contributed by atoms with Gasteiger partial charge in [0.2, 0.25) is 0 Å². The summed E-state index contributed by atoms with van der Waals surface area (Å²) < 4.78 is 4.95. The van der Waals surface area contributed by atoms with E-state index in [1.807, 2.05) is 0 Å². The Morgan fingerprint density at radius 1 is 1.12 bits per heavy atom. The third-order valence-electron chi connectivity index (χ3n) is 3.43. The number of carboxylic acids is 1. The van der Waals surface area contributed by atoms with Crippen LogP contribution in [0.2, 0.25) is 0 Å². The van der Waals surface area contributed by atoms with Crippen LogP contribution < -0.4 is 10.5 Å². The van der Waals surface area contributed by atoms with E-state index < -0.39 is 18.1 Å². The number of alkyl carbamates (subject to hydrolysis) is 1. The minimum absolute atomic E-state index is 0.0608. The first-order valence-corrected chi connectivity index (χ1v) is 7.41. The molecule has 25 heavy (non-hydrogen) atoms. The van der Waals surface area contributed by atoms with Gasteiger partial charge in [-0.05, 0) is 11.6 Å². The van der Waals surface area contributed by atoms with Gasteiger partial charge in [-0.25, -0.2) is 9.59 Å². The molecule has 8 nitrogen and oxygen atoms in total. The average molecular weight is 345 g/mol. The molecule has 0 fully saturated rings. The average Bonchev–Trinajstić information content (AvgIpc) is 2.60. The maximum absolute atomic E-state index is 11.9. The van der Waals surface area contributed by atoms with Gasteiger partial charge in [0.15, 0.2) is 0 Å². The molecule has 0 aromatic heterocycles. The standard InChI is InChI=1S/C17H17N2O6/c20-16(21)14(10-12-6-2-1-3-7-12)18-17(22)25-11-13-8-4-5-9-15(13)19(23)24/h1-9,14,23H,10-11H2,(H,18,22)(H,20,21)/q-1/t14-/m0/s1. The summed E-state index contributed by atoms with van der Waals surface area (Å²) in [5.74, 6) is -1.19. The molecule has 3 N–H and O–H groups in total. The summed E-state index contributed by atoms with van der Waals surface area (Å²) >= 11 is 0. The van der Waals surface area contributed by atoms with Crippen LogP contribution in [0.4, 0.5) is 10.5 Å². The number of nitrogens with zero attached hydrogens (tertiary/aromatic N) is 1. The Hall–Kier alpha value is -3.10. The van der Waals surface area contributed by atoms with Crippen molar-refractivity contribution < 1.29 is 24.6 Å². The van der Waals surface area contributed by atoms with E-state index in [4.69, 9.17) is 9.94 Å². The Morgan fingerprint density at radius 3 is 2.40 bits per heavy atom. The number of carbonyl (C=O) groups is 2. The fourth-order valence-electron chi connectivity index (χ4n) is 2.20. The highest BCUT2D eigenvalue weighted by molar-refractivity contribution is 5.80. The van der Waals surface area contributed by atoms with E-state index >= 15 is 0 Å². The van der Waals surface area contributed by atoms with Gasteiger partial charge in [0.1, 0.15) is 12.6 Å². The SMILES string of the molecule is O=C(N[C@@H](Cc1ccccc1)C(=O)O)OCc1ccccc1N([O-])O. The fraction of sp³-hybridized carbons (Fsp3) is 0.176. The van der Waals surface area contributed by atoms with Crippen LogP contribution >= 0.6 is 0 Å². The molecule has 1 atom stereocenters. The zero-order valence-corrected chi connectivity index (χ0v) is 13.2. The van der Waals surface area contributed by atoms with Gasteiger partial charge < -0.3 is 25.6 Å². The highest BCUT2D eigenvalue weighted by Gasteiger charge is 2.21. The molecule has 2 rings (SSSR count). The number of nitrogens with one attached hydrogen (secondary N) is 1. The van der Waals surface area contributed by atoms with Crippen LogP contribution in [-0.4, -0.2) is 28.4 Å². The lowest BCUT2D eigenvalue weighted by molar-refractivity contribution is -0.139. The third-order valence-corrected chi connectivity index (χ3v) is 3.43. The summed E-state index contributed by atoms with van der Waals surface area (Å²) in [5.41, 5.74) is 0.974. The summed E-state index contributed by atoms with van der Waals surface area (Å²) in [5, 5.41) is 31.2. The topological polar surface area (TPSA) is 122 Å². The van der Waals surface area contributed by atoms with Gasteiger partial charge in [-0.15, -0.1) is 0 Å². The van der Waals surface area contributed by atoms with E-state index in [1.165, 1.54) is 12.1 Å². The van der Waals surface area contributed by atoms with Gasteiger partial charge in [-0.3, -0.25) is 5.21 Å². The van der Waals surface area contributed by atoms with E-state index in [-0.39, 0.29) is 29.5 Å². The molecule has 0 heterocycles. The van der Waals surface area contributed by atoms with Crippen molar-refractivity contribution in [3.05, 3.63) is 70.9 Å². The second-order valence-electron chi connectivity index (χ2n) is 5.20. The lowest BCUT2D eigenvalue weighted by Gasteiger charge is -2.24. The van der Waals surface area contributed by atoms with Crippen LogP contribution in [0.5, 0.6) is 0 Å². The number of anilines is 1. The number of amides is 1. The largest absolute Gasteiger partial charge is 0.733 e. The number of hydrogen-bond acceptors (Lipinski definition) is 6. The minimum atomic E-state index is -1.19. The van der Waals surface area contributed by atoms with Crippen LogP contribution in [0.25, 0.3) is 0 Å². The highest BCUT2D eigenvalue weighted by atomic mass is 16.8. The quantitative estimate of drug-likeness (QED) is 0.658. The lowest BCUT2D eigenvalue weighted by atomic mass is 10.1. The molecular weight excluding hydrogens is 328 g/mol. The zero-order chi connectivity index (χ0) is 18.2. The number of benzene rings is 2. The van der Waals surface area contributed by atoms with E-state index in [1.54, 1.807) is 42.5 Å². The number of rotatable bonds is 7. The molecule has 0 saturated heterocycles. The number of ether oxygens (including phenoxy) is 1. The van der Waals surface area contributed by atoms with Crippen molar-refractivity contribution in [3.8, 4) is 0 Å². The molecule has 0 aliphatic rings. The summed E-state index contributed by atoms with van der Waals surface area (Å²) in [4.78, 5) is 23.2. The Morgan fingerprint density at radius 2 is 1.76 bits per heavy atom. The van der Waals surface area contributed by atoms with Crippen molar-refractivity contribution in [1.29, 1.82) is 0 Å². The van der Waals surface area contributed by atoms with Gasteiger partial charge in [0.25, 0.3) is 0 Å². The maximum atomic E-state index is 11.9. The zero-order valence-electron chi connectivity index (χ0n) is 13.2. The second kappa shape index (κ2) is 8.67. The molecule has 0 spiro atoms. The first-order valence-electron chi connectivity index (χ1n) is 7.41. The van der Waals surface area contributed by atoms with Gasteiger partial charge in [0, 0.05) is 12.0 Å². The third kappa shape index (κ3) is 5.48. The Labute approximate surface area is 143 Å². The molecule has 132 valence electrons. The van der Waals surface area contributed by atoms with Crippen molar-refractivity contribution in [2.24, 2.45) is 0 Å².